The first kappa shape index (κ1) is 19.6. The van der Waals surface area contributed by atoms with Gasteiger partial charge in [-0.05, 0) is 61.7 Å². The van der Waals surface area contributed by atoms with Crippen molar-refractivity contribution in [3.63, 3.8) is 0 Å². The van der Waals surface area contributed by atoms with Gasteiger partial charge in [0.15, 0.2) is 17.6 Å². The van der Waals surface area contributed by atoms with E-state index in [1.165, 1.54) is 5.56 Å². The molecule has 0 saturated carbocycles. The predicted octanol–water partition coefficient (Wildman–Crippen LogP) is 3.14. The van der Waals surface area contributed by atoms with Crippen LogP contribution in [0.2, 0.25) is 0 Å². The Morgan fingerprint density at radius 2 is 1.69 bits per heavy atom. The predicted molar refractivity (Wildman–Crippen MR) is 110 cm³/mol. The fourth-order valence-corrected chi connectivity index (χ4v) is 3.94. The summed E-state index contributed by atoms with van der Waals surface area (Å²) in [4.78, 5) is 17.1. The van der Waals surface area contributed by atoms with Gasteiger partial charge in [0.25, 0.3) is 5.91 Å². The number of nitrogens with zero attached hydrogens (tertiary/aromatic N) is 2. The monoisotopic (exact) mass is 396 g/mol. The maximum atomic E-state index is 12.8. The first-order valence-corrected chi connectivity index (χ1v) is 10.1. The highest BCUT2D eigenvalue weighted by molar-refractivity contribution is 5.81. The Hall–Kier alpha value is -2.73. The molecule has 1 amide bonds. The van der Waals surface area contributed by atoms with Gasteiger partial charge in [-0.2, -0.15) is 0 Å². The van der Waals surface area contributed by atoms with Crippen LogP contribution in [0.3, 0.4) is 0 Å². The molecule has 1 fully saturated rings. The minimum atomic E-state index is -0.489. The van der Waals surface area contributed by atoms with Gasteiger partial charge in [0.2, 0.25) is 6.79 Å². The van der Waals surface area contributed by atoms with E-state index in [0.29, 0.717) is 19.9 Å². The topological polar surface area (TPSA) is 51.2 Å². The Labute approximate surface area is 172 Å². The lowest BCUT2D eigenvalue weighted by atomic mass is 10.1. The SMILES string of the molecule is Cc1cc(C)cc(O[C@@H](C)C(=O)N2CCN(Cc3ccc4c(c3)OCO4)CC2)c1. The quantitative estimate of drug-likeness (QED) is 0.777. The lowest BCUT2D eigenvalue weighted by Crippen LogP contribution is -2.51. The van der Waals surface area contributed by atoms with Crippen LogP contribution in [0.25, 0.3) is 0 Å². The van der Waals surface area contributed by atoms with Gasteiger partial charge in [0.1, 0.15) is 5.75 Å². The summed E-state index contributed by atoms with van der Waals surface area (Å²) < 4.78 is 16.8. The number of benzene rings is 2. The molecule has 2 aliphatic heterocycles. The minimum Gasteiger partial charge on any atom is -0.481 e. The molecule has 0 aromatic heterocycles. The maximum absolute atomic E-state index is 12.8. The molecule has 1 atom stereocenters. The highest BCUT2D eigenvalue weighted by Crippen LogP contribution is 2.32. The Kier molecular flexibility index (Phi) is 5.62. The molecule has 29 heavy (non-hydrogen) atoms. The highest BCUT2D eigenvalue weighted by atomic mass is 16.7. The third kappa shape index (κ3) is 4.65. The zero-order chi connectivity index (χ0) is 20.4. The number of fused-ring (bicyclic) bond motifs is 1. The number of amides is 1. The summed E-state index contributed by atoms with van der Waals surface area (Å²) in [5, 5.41) is 0. The molecule has 0 aliphatic carbocycles. The van der Waals surface area contributed by atoms with E-state index in [-0.39, 0.29) is 5.91 Å². The van der Waals surface area contributed by atoms with Crippen molar-refractivity contribution < 1.29 is 19.0 Å². The summed E-state index contributed by atoms with van der Waals surface area (Å²) >= 11 is 0. The third-order valence-electron chi connectivity index (χ3n) is 5.38. The minimum absolute atomic E-state index is 0.0480. The first-order chi connectivity index (χ1) is 14.0. The van der Waals surface area contributed by atoms with E-state index in [2.05, 4.69) is 17.0 Å². The molecule has 0 N–H and O–H groups in total. The van der Waals surface area contributed by atoms with Crippen molar-refractivity contribution in [2.45, 2.75) is 33.4 Å². The van der Waals surface area contributed by atoms with Gasteiger partial charge in [-0.15, -0.1) is 0 Å². The lowest BCUT2D eigenvalue weighted by molar-refractivity contribution is -0.139. The molecule has 154 valence electrons. The van der Waals surface area contributed by atoms with Crippen LogP contribution in [0, 0.1) is 13.8 Å². The molecular formula is C23H28N2O4. The maximum Gasteiger partial charge on any atom is 0.263 e. The van der Waals surface area contributed by atoms with E-state index < -0.39 is 6.10 Å². The summed E-state index contributed by atoms with van der Waals surface area (Å²) in [5.41, 5.74) is 3.47. The van der Waals surface area contributed by atoms with E-state index >= 15 is 0 Å². The van der Waals surface area contributed by atoms with Crippen molar-refractivity contribution in [2.24, 2.45) is 0 Å². The summed E-state index contributed by atoms with van der Waals surface area (Å²) in [6, 6.07) is 12.1. The summed E-state index contributed by atoms with van der Waals surface area (Å²) in [6.45, 7) is 10.1. The average molecular weight is 396 g/mol. The van der Waals surface area contributed by atoms with Crippen molar-refractivity contribution in [1.82, 2.24) is 9.80 Å². The number of piperazine rings is 1. The van der Waals surface area contributed by atoms with E-state index in [1.807, 2.05) is 49.9 Å². The van der Waals surface area contributed by atoms with E-state index in [9.17, 15) is 4.79 Å². The smallest absolute Gasteiger partial charge is 0.263 e. The van der Waals surface area contributed by atoms with Gasteiger partial charge in [0, 0.05) is 32.7 Å². The molecule has 0 radical (unpaired) electrons. The lowest BCUT2D eigenvalue weighted by Gasteiger charge is -2.36. The molecule has 4 rings (SSSR count). The molecule has 0 bridgehead atoms. The average Bonchev–Trinajstić information content (AvgIpc) is 3.15. The van der Waals surface area contributed by atoms with Gasteiger partial charge in [-0.3, -0.25) is 9.69 Å². The van der Waals surface area contributed by atoms with E-state index in [4.69, 9.17) is 14.2 Å². The Morgan fingerprint density at radius 1 is 1.00 bits per heavy atom. The second-order valence-electron chi connectivity index (χ2n) is 7.87. The zero-order valence-corrected chi connectivity index (χ0v) is 17.3. The van der Waals surface area contributed by atoms with Crippen molar-refractivity contribution in [3.8, 4) is 17.2 Å². The number of hydrogen-bond acceptors (Lipinski definition) is 5. The first-order valence-electron chi connectivity index (χ1n) is 10.1. The number of aryl methyl sites for hydroxylation is 2. The number of carbonyl (C=O) groups is 1. The summed E-state index contributed by atoms with van der Waals surface area (Å²) in [5.74, 6) is 2.42. The summed E-state index contributed by atoms with van der Waals surface area (Å²) in [7, 11) is 0. The number of ether oxygens (including phenoxy) is 3. The Balaban J connectivity index is 1.29. The molecule has 2 heterocycles. The molecular weight excluding hydrogens is 368 g/mol. The van der Waals surface area contributed by atoms with Gasteiger partial charge in [0.05, 0.1) is 0 Å². The van der Waals surface area contributed by atoms with Crippen molar-refractivity contribution in [1.29, 1.82) is 0 Å². The molecule has 1 saturated heterocycles. The molecule has 0 unspecified atom stereocenters. The molecule has 2 aromatic rings. The van der Waals surface area contributed by atoms with E-state index in [1.54, 1.807) is 0 Å². The number of rotatable bonds is 5. The normalized spacial score (nSPS) is 17.3. The van der Waals surface area contributed by atoms with Gasteiger partial charge in [-0.1, -0.05) is 12.1 Å². The Morgan fingerprint density at radius 3 is 2.41 bits per heavy atom. The van der Waals surface area contributed by atoms with Crippen LogP contribution < -0.4 is 14.2 Å². The standard InChI is InChI=1S/C23H28N2O4/c1-16-10-17(2)12-20(11-16)29-18(3)23(26)25-8-6-24(7-9-25)14-19-4-5-21-22(13-19)28-15-27-21/h4-5,10-13,18H,6-9,14-15H2,1-3H3/t18-/m0/s1. The van der Waals surface area contributed by atoms with Gasteiger partial charge < -0.3 is 19.1 Å². The van der Waals surface area contributed by atoms with Crippen LogP contribution in [0.15, 0.2) is 36.4 Å². The van der Waals surface area contributed by atoms with Crippen LogP contribution in [0.1, 0.15) is 23.6 Å². The van der Waals surface area contributed by atoms with Crippen LogP contribution in [-0.4, -0.2) is 54.8 Å². The van der Waals surface area contributed by atoms with Crippen LogP contribution in [0.5, 0.6) is 17.2 Å². The van der Waals surface area contributed by atoms with Crippen molar-refractivity contribution in [3.05, 3.63) is 53.1 Å². The summed E-state index contributed by atoms with van der Waals surface area (Å²) in [6.07, 6.45) is -0.489. The fraction of sp³-hybridized carbons (Fsp3) is 0.435. The van der Waals surface area contributed by atoms with Crippen LogP contribution >= 0.6 is 0 Å². The molecule has 2 aromatic carbocycles. The van der Waals surface area contributed by atoms with Gasteiger partial charge >= 0.3 is 0 Å². The van der Waals surface area contributed by atoms with E-state index in [0.717, 1.165) is 48.0 Å². The second-order valence-corrected chi connectivity index (χ2v) is 7.87. The Bertz CT molecular complexity index is 870. The highest BCUT2D eigenvalue weighted by Gasteiger charge is 2.26. The van der Waals surface area contributed by atoms with Crippen molar-refractivity contribution in [2.75, 3.05) is 33.0 Å². The second kappa shape index (κ2) is 8.33. The number of carbonyl (C=O) groups excluding carboxylic acids is 1. The van der Waals surface area contributed by atoms with Crippen LogP contribution in [0.4, 0.5) is 0 Å². The third-order valence-corrected chi connectivity index (χ3v) is 5.38. The molecule has 0 spiro atoms. The van der Waals surface area contributed by atoms with Crippen molar-refractivity contribution >= 4 is 5.91 Å². The largest absolute Gasteiger partial charge is 0.481 e. The van der Waals surface area contributed by atoms with Crippen LogP contribution in [-0.2, 0) is 11.3 Å². The molecule has 6 nitrogen and oxygen atoms in total. The van der Waals surface area contributed by atoms with Gasteiger partial charge in [-0.25, -0.2) is 0 Å². The fourth-order valence-electron chi connectivity index (χ4n) is 3.94. The molecule has 6 heteroatoms. The zero-order valence-electron chi connectivity index (χ0n) is 17.3. The molecule has 2 aliphatic rings. The number of hydrogen-bond donors (Lipinski definition) is 0.